The zero-order chi connectivity index (χ0) is 20.3. The Hall–Kier alpha value is -2.57. The van der Waals surface area contributed by atoms with Gasteiger partial charge >= 0.3 is 6.03 Å². The molecule has 1 spiro atoms. The van der Waals surface area contributed by atoms with Gasteiger partial charge in [-0.1, -0.05) is 32.0 Å². The summed E-state index contributed by atoms with van der Waals surface area (Å²) < 4.78 is 0. The summed E-state index contributed by atoms with van der Waals surface area (Å²) in [5.74, 6) is 0.445. The van der Waals surface area contributed by atoms with E-state index in [1.807, 2.05) is 49.1 Å². The molecule has 1 aromatic carbocycles. The van der Waals surface area contributed by atoms with Crippen molar-refractivity contribution in [1.29, 1.82) is 0 Å². The summed E-state index contributed by atoms with van der Waals surface area (Å²) in [4.78, 5) is 43.2. The number of likely N-dealkylation sites (tertiary alicyclic amines) is 1. The second-order valence-corrected chi connectivity index (χ2v) is 8.56. The van der Waals surface area contributed by atoms with Gasteiger partial charge in [-0.05, 0) is 18.1 Å². The Morgan fingerprint density at radius 3 is 2.32 bits per heavy atom. The molecule has 3 rings (SSSR count). The number of anilines is 1. The molecule has 1 N–H and O–H groups in total. The third-order valence-electron chi connectivity index (χ3n) is 5.46. The first-order valence-corrected chi connectivity index (χ1v) is 9.91. The van der Waals surface area contributed by atoms with Gasteiger partial charge in [0.15, 0.2) is 0 Å². The first-order valence-electron chi connectivity index (χ1n) is 9.91. The second-order valence-electron chi connectivity index (χ2n) is 8.56. The van der Waals surface area contributed by atoms with Crippen LogP contribution in [0.15, 0.2) is 30.3 Å². The van der Waals surface area contributed by atoms with Crippen LogP contribution in [-0.4, -0.2) is 72.3 Å². The molecule has 7 nitrogen and oxygen atoms in total. The van der Waals surface area contributed by atoms with E-state index in [0.29, 0.717) is 45.6 Å². The van der Waals surface area contributed by atoms with Crippen molar-refractivity contribution >= 4 is 23.5 Å². The fourth-order valence-electron chi connectivity index (χ4n) is 4.16. The minimum Gasteiger partial charge on any atom is -0.345 e. The Morgan fingerprint density at radius 1 is 1.07 bits per heavy atom. The molecule has 0 saturated carbocycles. The molecule has 0 bridgehead atoms. The van der Waals surface area contributed by atoms with Crippen molar-refractivity contribution in [3.63, 3.8) is 0 Å². The van der Waals surface area contributed by atoms with Crippen molar-refractivity contribution in [1.82, 2.24) is 14.7 Å². The highest BCUT2D eigenvalue weighted by Crippen LogP contribution is 2.35. The molecular formula is C21H30N4O3. The molecule has 4 amide bonds. The van der Waals surface area contributed by atoms with Crippen LogP contribution in [0.25, 0.3) is 0 Å². The minimum atomic E-state index is -0.414. The number of urea groups is 1. The first-order chi connectivity index (χ1) is 13.3. The predicted molar refractivity (Wildman–Crippen MR) is 108 cm³/mol. The van der Waals surface area contributed by atoms with E-state index >= 15 is 0 Å². The average Bonchev–Trinajstić information content (AvgIpc) is 2.79. The maximum absolute atomic E-state index is 12.9. The van der Waals surface area contributed by atoms with Crippen LogP contribution in [0.1, 0.15) is 26.7 Å². The number of amides is 4. The zero-order valence-corrected chi connectivity index (χ0v) is 17.0. The second kappa shape index (κ2) is 8.20. The summed E-state index contributed by atoms with van der Waals surface area (Å²) in [7, 11) is 1.79. The first kappa shape index (κ1) is 20.2. The monoisotopic (exact) mass is 386 g/mol. The van der Waals surface area contributed by atoms with Crippen LogP contribution >= 0.6 is 0 Å². The molecule has 2 heterocycles. The van der Waals surface area contributed by atoms with Crippen LogP contribution < -0.4 is 5.32 Å². The van der Waals surface area contributed by atoms with Gasteiger partial charge in [-0.25, -0.2) is 4.79 Å². The van der Waals surface area contributed by atoms with Crippen LogP contribution in [0.4, 0.5) is 10.5 Å². The molecule has 152 valence electrons. The van der Waals surface area contributed by atoms with Crippen LogP contribution in [0.2, 0.25) is 0 Å². The van der Waals surface area contributed by atoms with Crippen LogP contribution in [0, 0.1) is 11.3 Å². The Balaban J connectivity index is 1.79. The number of nitrogens with one attached hydrogen (secondary N) is 1. The highest BCUT2D eigenvalue weighted by molar-refractivity contribution is 5.89. The third-order valence-corrected chi connectivity index (χ3v) is 5.46. The summed E-state index contributed by atoms with van der Waals surface area (Å²) in [5.41, 5.74) is 0.321. The van der Waals surface area contributed by atoms with E-state index in [0.717, 1.165) is 5.69 Å². The lowest BCUT2D eigenvalue weighted by Crippen LogP contribution is -2.46. The molecule has 28 heavy (non-hydrogen) atoms. The number of carbonyl (C=O) groups excluding carboxylic acids is 3. The molecule has 1 unspecified atom stereocenters. The van der Waals surface area contributed by atoms with Crippen LogP contribution in [0.3, 0.4) is 0 Å². The molecule has 0 aliphatic carbocycles. The quantitative estimate of drug-likeness (QED) is 0.866. The van der Waals surface area contributed by atoms with E-state index in [1.54, 1.807) is 16.8 Å². The van der Waals surface area contributed by atoms with Gasteiger partial charge in [0, 0.05) is 63.7 Å². The fraction of sp³-hybridized carbons (Fsp3) is 0.571. The van der Waals surface area contributed by atoms with Crippen molar-refractivity contribution in [2.45, 2.75) is 26.7 Å². The molecule has 7 heteroatoms. The van der Waals surface area contributed by atoms with Crippen molar-refractivity contribution in [3.8, 4) is 0 Å². The smallest absolute Gasteiger partial charge is 0.321 e. The normalized spacial score (nSPS) is 22.7. The van der Waals surface area contributed by atoms with Crippen molar-refractivity contribution in [2.24, 2.45) is 11.3 Å². The molecule has 2 aliphatic heterocycles. The number of hydrogen-bond donors (Lipinski definition) is 1. The third kappa shape index (κ3) is 4.64. The van der Waals surface area contributed by atoms with E-state index in [1.165, 1.54) is 0 Å². The van der Waals surface area contributed by atoms with Gasteiger partial charge < -0.3 is 20.0 Å². The number of rotatable bonds is 3. The number of carbonyl (C=O) groups is 3. The Labute approximate surface area is 166 Å². The van der Waals surface area contributed by atoms with Gasteiger partial charge in [-0.2, -0.15) is 0 Å². The van der Waals surface area contributed by atoms with Crippen LogP contribution in [-0.2, 0) is 9.59 Å². The zero-order valence-electron chi connectivity index (χ0n) is 17.0. The van der Waals surface area contributed by atoms with Crippen molar-refractivity contribution in [3.05, 3.63) is 30.3 Å². The SMILES string of the molecule is CC(C)CC(=O)N1CCN(C(=O)Nc2ccccc2)CC2(CC(=O)N(C)C2)C1. The minimum absolute atomic E-state index is 0.0709. The lowest BCUT2D eigenvalue weighted by atomic mass is 9.85. The van der Waals surface area contributed by atoms with Crippen molar-refractivity contribution in [2.75, 3.05) is 45.1 Å². The van der Waals surface area contributed by atoms with E-state index in [9.17, 15) is 14.4 Å². The Kier molecular flexibility index (Phi) is 5.91. The maximum Gasteiger partial charge on any atom is 0.321 e. The van der Waals surface area contributed by atoms with E-state index < -0.39 is 5.41 Å². The summed E-state index contributed by atoms with van der Waals surface area (Å²) in [6.07, 6.45) is 0.847. The average molecular weight is 386 g/mol. The maximum atomic E-state index is 12.9. The largest absolute Gasteiger partial charge is 0.345 e. The molecule has 2 saturated heterocycles. The predicted octanol–water partition coefficient (Wildman–Crippen LogP) is 2.26. The van der Waals surface area contributed by atoms with Gasteiger partial charge in [-0.3, -0.25) is 9.59 Å². The van der Waals surface area contributed by atoms with E-state index in [2.05, 4.69) is 5.32 Å². The molecule has 0 radical (unpaired) electrons. The lowest BCUT2D eigenvalue weighted by molar-refractivity contribution is -0.133. The van der Waals surface area contributed by atoms with Gasteiger partial charge in [0.1, 0.15) is 0 Å². The van der Waals surface area contributed by atoms with Gasteiger partial charge in [0.2, 0.25) is 11.8 Å². The lowest BCUT2D eigenvalue weighted by Gasteiger charge is -2.33. The standard InChI is InChI=1S/C21H30N4O3/c1-16(2)11-18(26)24-9-10-25(20(28)22-17-7-5-4-6-8-17)15-21(14-24)12-19(27)23(3)13-21/h4-8,16H,9-15H2,1-3H3,(H,22,28). The Morgan fingerprint density at radius 2 is 1.71 bits per heavy atom. The summed E-state index contributed by atoms with van der Waals surface area (Å²) in [5, 5.41) is 2.93. The van der Waals surface area contributed by atoms with Gasteiger partial charge in [-0.15, -0.1) is 0 Å². The topological polar surface area (TPSA) is 73.0 Å². The van der Waals surface area contributed by atoms with E-state index in [-0.39, 0.29) is 23.8 Å². The molecule has 2 fully saturated rings. The fourth-order valence-corrected chi connectivity index (χ4v) is 4.16. The summed E-state index contributed by atoms with van der Waals surface area (Å²) >= 11 is 0. The number of nitrogens with zero attached hydrogens (tertiary/aromatic N) is 3. The molecular weight excluding hydrogens is 356 g/mol. The molecule has 1 atom stereocenters. The van der Waals surface area contributed by atoms with Crippen molar-refractivity contribution < 1.29 is 14.4 Å². The van der Waals surface area contributed by atoms with Gasteiger partial charge in [0.05, 0.1) is 0 Å². The number of benzene rings is 1. The van der Waals surface area contributed by atoms with Gasteiger partial charge in [0.25, 0.3) is 0 Å². The van der Waals surface area contributed by atoms with E-state index in [4.69, 9.17) is 0 Å². The Bertz CT molecular complexity index is 736. The highest BCUT2D eigenvalue weighted by atomic mass is 16.2. The van der Waals surface area contributed by atoms with Crippen LogP contribution in [0.5, 0.6) is 0 Å². The molecule has 0 aromatic heterocycles. The summed E-state index contributed by atoms with van der Waals surface area (Å²) in [6, 6.07) is 9.14. The number of para-hydroxylation sites is 1. The molecule has 2 aliphatic rings. The number of hydrogen-bond acceptors (Lipinski definition) is 3. The summed E-state index contributed by atoms with van der Waals surface area (Å²) in [6.45, 7) is 6.55. The molecule has 1 aromatic rings. The highest BCUT2D eigenvalue weighted by Gasteiger charge is 2.47.